The lowest BCUT2D eigenvalue weighted by molar-refractivity contribution is -0.274. The zero-order valence-corrected chi connectivity index (χ0v) is 26.9. The molecule has 2 aliphatic carbocycles. The molecule has 2 saturated heterocycles. The number of aromatic hydroxyl groups is 1. The number of rotatable bonds is 9. The first-order valence-electron chi connectivity index (χ1n) is 15.4. The summed E-state index contributed by atoms with van der Waals surface area (Å²) < 4.78 is 57.7. The van der Waals surface area contributed by atoms with Crippen molar-refractivity contribution in [2.75, 3.05) is 11.4 Å². The Morgan fingerprint density at radius 1 is 0.959 bits per heavy atom. The number of carboxylic acids is 1. The fourth-order valence-corrected chi connectivity index (χ4v) is 8.64. The molecule has 0 spiro atoms. The van der Waals surface area contributed by atoms with Gasteiger partial charge in [-0.15, -0.1) is 36.4 Å². The van der Waals surface area contributed by atoms with E-state index in [1.165, 1.54) is 0 Å². The van der Waals surface area contributed by atoms with Gasteiger partial charge in [0, 0.05) is 24.4 Å². The van der Waals surface area contributed by atoms with Gasteiger partial charge in [0.25, 0.3) is 11.8 Å². The molecule has 0 bridgehead atoms. The summed E-state index contributed by atoms with van der Waals surface area (Å²) in [4.78, 5) is 63.8. The molecule has 6 atom stereocenters. The lowest BCUT2D eigenvalue weighted by atomic mass is 9.56. The number of benzene rings is 2. The summed E-state index contributed by atoms with van der Waals surface area (Å²) in [5.74, 6) is -10.9. The minimum atomic E-state index is -5.14. The molecule has 0 aromatic heterocycles. The standard InChI is InChI=1S/C33H28Cl2F4N2O8/c34-31-15-22-19(10-11-20-25(22)28(46)40(27(20)45)13-3-1-2-4-24(43)44)26(21-14-18(9-12-23(21)42)49-33(37,38)39)32(31,35)30(48)41(29(31)47)17-7-5-16(36)6-8-17/h5-10,12,14,20,22,25-26,42H,1-4,11,13,15H2,(H,43,44)/t20-,22+,25-,26+,31+,32-/m0/s1. The summed E-state index contributed by atoms with van der Waals surface area (Å²) in [5, 5.41) is 20.0. The number of likely N-dealkylation sites (tertiary alicyclic amines) is 1. The molecule has 6 rings (SSSR count). The van der Waals surface area contributed by atoms with Gasteiger partial charge < -0.3 is 14.9 Å². The summed E-state index contributed by atoms with van der Waals surface area (Å²) in [6.07, 6.45) is -3.03. The van der Waals surface area contributed by atoms with Crippen LogP contribution in [0.15, 0.2) is 54.1 Å². The molecule has 16 heteroatoms. The molecule has 2 N–H and O–H groups in total. The monoisotopic (exact) mass is 726 g/mol. The summed E-state index contributed by atoms with van der Waals surface area (Å²) in [7, 11) is 0. The topological polar surface area (TPSA) is 142 Å². The van der Waals surface area contributed by atoms with Gasteiger partial charge in [0.1, 0.15) is 17.3 Å². The van der Waals surface area contributed by atoms with Gasteiger partial charge in [0.05, 0.1) is 17.5 Å². The summed E-state index contributed by atoms with van der Waals surface area (Å²) >= 11 is 14.4. The van der Waals surface area contributed by atoms with Crippen molar-refractivity contribution in [3.05, 3.63) is 65.5 Å². The van der Waals surface area contributed by atoms with Crippen LogP contribution in [0.2, 0.25) is 0 Å². The van der Waals surface area contributed by atoms with Crippen molar-refractivity contribution in [3.8, 4) is 11.5 Å². The number of fused-ring (bicyclic) bond motifs is 4. The SMILES string of the molecule is O=C(O)CCCCCN1C(=O)[C@H]2[C@H](CC=C3[C@H]2C[C@@]2(Cl)C(=O)N(c4ccc(F)cc4)C(=O)[C@@]2(Cl)[C@H]3c2cc(OC(F)(F)F)ccc2O)C1=O. The normalized spacial score (nSPS) is 29.5. The third kappa shape index (κ3) is 5.62. The zero-order valence-electron chi connectivity index (χ0n) is 25.4. The Labute approximate surface area is 286 Å². The molecule has 0 radical (unpaired) electrons. The van der Waals surface area contributed by atoms with Gasteiger partial charge in [-0.1, -0.05) is 18.1 Å². The number of carbonyl (C=O) groups excluding carboxylic acids is 4. The van der Waals surface area contributed by atoms with Crippen LogP contribution >= 0.6 is 23.2 Å². The molecule has 260 valence electrons. The number of imide groups is 2. The Balaban J connectivity index is 1.45. The maximum Gasteiger partial charge on any atom is 0.573 e. The average molecular weight is 727 g/mol. The fraction of sp³-hybridized carbons (Fsp3) is 0.424. The highest BCUT2D eigenvalue weighted by Crippen LogP contribution is 2.66. The Kier molecular flexibility index (Phi) is 8.71. The number of anilines is 1. The number of allylic oxidation sites excluding steroid dienone is 2. The Bertz CT molecular complexity index is 1790. The number of hydrogen-bond donors (Lipinski definition) is 2. The minimum Gasteiger partial charge on any atom is -0.508 e. The van der Waals surface area contributed by atoms with Crippen LogP contribution < -0.4 is 9.64 Å². The molecule has 0 unspecified atom stereocenters. The average Bonchev–Trinajstić information content (AvgIpc) is 3.35. The molecule has 10 nitrogen and oxygen atoms in total. The van der Waals surface area contributed by atoms with Crippen molar-refractivity contribution in [1.29, 1.82) is 0 Å². The van der Waals surface area contributed by atoms with Gasteiger partial charge >= 0.3 is 12.3 Å². The Morgan fingerprint density at radius 2 is 1.65 bits per heavy atom. The number of halogens is 6. The van der Waals surface area contributed by atoms with Crippen molar-refractivity contribution >= 4 is 58.5 Å². The van der Waals surface area contributed by atoms with Crippen molar-refractivity contribution < 1.29 is 56.5 Å². The molecular weight excluding hydrogens is 699 g/mol. The van der Waals surface area contributed by atoms with Crippen LogP contribution in [0.1, 0.15) is 50.0 Å². The number of alkyl halides is 5. The van der Waals surface area contributed by atoms with E-state index in [1.807, 2.05) is 0 Å². The second kappa shape index (κ2) is 12.3. The fourth-order valence-electron chi connectivity index (χ4n) is 7.71. The van der Waals surface area contributed by atoms with Gasteiger partial charge in [-0.3, -0.25) is 28.9 Å². The van der Waals surface area contributed by atoms with E-state index in [2.05, 4.69) is 4.74 Å². The van der Waals surface area contributed by atoms with E-state index < -0.39 is 93.1 Å². The van der Waals surface area contributed by atoms with Crippen molar-refractivity contribution in [1.82, 2.24) is 4.90 Å². The molecule has 2 aromatic rings. The molecule has 2 heterocycles. The van der Waals surface area contributed by atoms with Crippen LogP contribution in [-0.2, 0) is 24.0 Å². The number of carboxylic acid groups (broad SMARTS) is 1. The van der Waals surface area contributed by atoms with Crippen LogP contribution in [0.5, 0.6) is 11.5 Å². The lowest BCUT2D eigenvalue weighted by Crippen LogP contribution is -2.60. The molecule has 4 amide bonds. The van der Waals surface area contributed by atoms with Gasteiger partial charge in [-0.05, 0) is 74.1 Å². The first kappa shape index (κ1) is 34.7. The van der Waals surface area contributed by atoms with E-state index in [4.69, 9.17) is 28.3 Å². The quantitative estimate of drug-likeness (QED) is 0.111. The minimum absolute atomic E-state index is 0.00854. The molecule has 2 aromatic carbocycles. The third-order valence-electron chi connectivity index (χ3n) is 9.80. The number of ether oxygens (including phenoxy) is 1. The lowest BCUT2D eigenvalue weighted by Gasteiger charge is -2.50. The highest BCUT2D eigenvalue weighted by atomic mass is 35.5. The van der Waals surface area contributed by atoms with Crippen LogP contribution in [-0.4, -0.2) is 67.4 Å². The van der Waals surface area contributed by atoms with E-state index >= 15 is 0 Å². The summed E-state index contributed by atoms with van der Waals surface area (Å²) in [5.41, 5.74) is -0.220. The van der Waals surface area contributed by atoms with E-state index in [1.54, 1.807) is 6.08 Å². The summed E-state index contributed by atoms with van der Waals surface area (Å²) in [6.45, 7) is 0.00854. The molecule has 2 aliphatic heterocycles. The molecule has 4 aliphatic rings. The molecule has 49 heavy (non-hydrogen) atoms. The predicted molar refractivity (Wildman–Crippen MR) is 164 cm³/mol. The Hall–Kier alpha value is -4.17. The molecule has 1 saturated carbocycles. The number of amides is 4. The predicted octanol–water partition coefficient (Wildman–Crippen LogP) is 5.64. The number of hydrogen-bond acceptors (Lipinski definition) is 7. The van der Waals surface area contributed by atoms with Crippen molar-refractivity contribution in [2.45, 2.75) is 60.6 Å². The number of unbranched alkanes of at least 4 members (excludes halogenated alkanes) is 2. The number of carbonyl (C=O) groups is 5. The van der Waals surface area contributed by atoms with Crippen LogP contribution in [0.4, 0.5) is 23.2 Å². The smallest absolute Gasteiger partial charge is 0.508 e. The third-order valence-corrected chi connectivity index (χ3v) is 11.2. The number of aliphatic carboxylic acids is 1. The van der Waals surface area contributed by atoms with Gasteiger partial charge in [-0.2, -0.15) is 0 Å². The van der Waals surface area contributed by atoms with Crippen molar-refractivity contribution in [3.63, 3.8) is 0 Å². The highest BCUT2D eigenvalue weighted by molar-refractivity contribution is 6.58. The van der Waals surface area contributed by atoms with Crippen LogP contribution in [0.3, 0.4) is 0 Å². The number of nitrogens with zero attached hydrogens (tertiary/aromatic N) is 2. The Morgan fingerprint density at radius 3 is 2.31 bits per heavy atom. The molecular formula is C33H28Cl2F4N2O8. The largest absolute Gasteiger partial charge is 0.573 e. The van der Waals surface area contributed by atoms with Crippen LogP contribution in [0.25, 0.3) is 0 Å². The van der Waals surface area contributed by atoms with Gasteiger partial charge in [-0.25, -0.2) is 9.29 Å². The van der Waals surface area contributed by atoms with E-state index in [-0.39, 0.29) is 36.2 Å². The van der Waals surface area contributed by atoms with Crippen LogP contribution in [0, 0.1) is 23.6 Å². The maximum atomic E-state index is 14.4. The maximum absolute atomic E-state index is 14.4. The summed E-state index contributed by atoms with van der Waals surface area (Å²) in [6, 6.07) is 6.84. The van der Waals surface area contributed by atoms with E-state index in [9.17, 15) is 46.6 Å². The number of phenols is 1. The zero-order chi connectivity index (χ0) is 35.6. The first-order valence-corrected chi connectivity index (χ1v) is 16.1. The molecule has 3 fully saturated rings. The van der Waals surface area contributed by atoms with Gasteiger partial charge in [0.15, 0.2) is 9.75 Å². The van der Waals surface area contributed by atoms with E-state index in [0.717, 1.165) is 47.4 Å². The second-order valence-electron chi connectivity index (χ2n) is 12.6. The number of phenolic OH excluding ortho intramolecular Hbond substituents is 1. The first-order chi connectivity index (χ1) is 23.0. The van der Waals surface area contributed by atoms with Gasteiger partial charge in [0.2, 0.25) is 11.8 Å². The van der Waals surface area contributed by atoms with E-state index in [0.29, 0.717) is 24.2 Å². The highest BCUT2D eigenvalue weighted by Gasteiger charge is 2.77. The van der Waals surface area contributed by atoms with Crippen molar-refractivity contribution in [2.24, 2.45) is 17.8 Å². The second-order valence-corrected chi connectivity index (χ2v) is 13.8.